The summed E-state index contributed by atoms with van der Waals surface area (Å²) in [4.78, 5) is 25.6. The first kappa shape index (κ1) is 10.1. The van der Waals surface area contributed by atoms with E-state index in [1.54, 1.807) is 17.9 Å². The molecule has 90 valence electrons. The van der Waals surface area contributed by atoms with Crippen molar-refractivity contribution >= 4 is 11.7 Å². The maximum Gasteiger partial charge on any atom is 0.223 e. The second-order valence-corrected chi connectivity index (χ2v) is 5.44. The Morgan fingerprint density at radius 2 is 2.17 bits per heavy atom. The minimum Gasteiger partial charge on any atom is -0.315 e. The van der Waals surface area contributed by atoms with Crippen LogP contribution in [0.25, 0.3) is 0 Å². The first-order chi connectivity index (χ1) is 8.64. The minimum absolute atomic E-state index is 0.0316. The molecule has 18 heavy (non-hydrogen) atoms. The number of hydrogen-bond acceptors (Lipinski definition) is 2. The van der Waals surface area contributed by atoms with E-state index in [0.717, 1.165) is 29.8 Å². The molecule has 0 aromatic heterocycles. The number of fused-ring (bicyclic) bond motifs is 1. The molecule has 1 aromatic rings. The lowest BCUT2D eigenvalue weighted by molar-refractivity contribution is -0.126. The molecule has 0 N–H and O–H groups in total. The number of ketones is 1. The second-order valence-electron chi connectivity index (χ2n) is 5.44. The van der Waals surface area contributed by atoms with Crippen LogP contribution in [0.5, 0.6) is 0 Å². The normalized spacial score (nSPS) is 31.4. The van der Waals surface area contributed by atoms with Crippen LogP contribution < -0.4 is 0 Å². The molecule has 1 saturated carbocycles. The van der Waals surface area contributed by atoms with Gasteiger partial charge in [0.05, 0.1) is 0 Å². The molecule has 1 saturated heterocycles. The van der Waals surface area contributed by atoms with Crippen LogP contribution in [-0.4, -0.2) is 23.1 Å². The van der Waals surface area contributed by atoms with Crippen LogP contribution in [0.3, 0.4) is 0 Å². The molecule has 1 aliphatic heterocycles. The molecule has 3 nitrogen and oxygen atoms in total. The molecule has 3 aliphatic rings. The van der Waals surface area contributed by atoms with Crippen LogP contribution in [0.4, 0.5) is 0 Å². The maximum absolute atomic E-state index is 12.1. The van der Waals surface area contributed by atoms with Gasteiger partial charge < -0.3 is 4.90 Å². The average Bonchev–Trinajstić information content (AvgIpc) is 2.99. The molecule has 0 bridgehead atoms. The Balaban J connectivity index is 1.95. The predicted molar refractivity (Wildman–Crippen MR) is 66.0 cm³/mol. The lowest BCUT2D eigenvalue weighted by Gasteiger charge is -2.28. The third-order valence-corrected chi connectivity index (χ3v) is 4.58. The second kappa shape index (κ2) is 2.91. The predicted octanol–water partition coefficient (Wildman–Crippen LogP) is 1.89. The smallest absolute Gasteiger partial charge is 0.223 e. The Bertz CT molecular complexity index is 631. The van der Waals surface area contributed by atoms with Crippen LogP contribution in [-0.2, 0) is 10.2 Å². The van der Waals surface area contributed by atoms with Crippen LogP contribution in [0.1, 0.15) is 29.3 Å². The van der Waals surface area contributed by atoms with Gasteiger partial charge >= 0.3 is 0 Å². The Morgan fingerprint density at radius 3 is 2.94 bits per heavy atom. The number of rotatable bonds is 0. The zero-order chi connectivity index (χ0) is 12.5. The SMILES string of the molecule is CC(=O)N1CC2C[C@@]23C1=CC(=O)c1ccccc13. The van der Waals surface area contributed by atoms with Crippen molar-refractivity contribution in [2.45, 2.75) is 18.8 Å². The third kappa shape index (κ3) is 0.964. The number of amides is 1. The number of benzene rings is 1. The van der Waals surface area contributed by atoms with Gasteiger partial charge in [-0.3, -0.25) is 9.59 Å². The Hall–Kier alpha value is -1.90. The van der Waals surface area contributed by atoms with Crippen LogP contribution >= 0.6 is 0 Å². The zero-order valence-corrected chi connectivity index (χ0v) is 10.1. The Kier molecular flexibility index (Phi) is 1.63. The maximum atomic E-state index is 12.1. The van der Waals surface area contributed by atoms with Crippen molar-refractivity contribution < 1.29 is 9.59 Å². The molecule has 1 amide bonds. The van der Waals surface area contributed by atoms with Crippen molar-refractivity contribution in [3.63, 3.8) is 0 Å². The quantitative estimate of drug-likeness (QED) is 0.693. The lowest BCUT2D eigenvalue weighted by atomic mass is 9.81. The highest BCUT2D eigenvalue weighted by atomic mass is 16.2. The summed E-state index contributed by atoms with van der Waals surface area (Å²) in [6.07, 6.45) is 2.75. The van der Waals surface area contributed by atoms with Crippen molar-refractivity contribution in [2.24, 2.45) is 5.92 Å². The Morgan fingerprint density at radius 1 is 1.39 bits per heavy atom. The molecule has 4 rings (SSSR count). The summed E-state index contributed by atoms with van der Waals surface area (Å²) in [6, 6.07) is 7.83. The number of likely N-dealkylation sites (tertiary alicyclic amines) is 1. The highest BCUT2D eigenvalue weighted by Gasteiger charge is 2.66. The molecule has 1 spiro atoms. The molecule has 1 unspecified atom stereocenters. The third-order valence-electron chi connectivity index (χ3n) is 4.58. The molecular weight excluding hydrogens is 226 g/mol. The van der Waals surface area contributed by atoms with Gasteiger partial charge in [0, 0.05) is 36.2 Å². The molecule has 0 radical (unpaired) electrons. The summed E-state index contributed by atoms with van der Waals surface area (Å²) in [6.45, 7) is 2.34. The zero-order valence-electron chi connectivity index (χ0n) is 10.1. The topological polar surface area (TPSA) is 37.4 Å². The lowest BCUT2D eigenvalue weighted by Crippen LogP contribution is -2.32. The van der Waals surface area contributed by atoms with Gasteiger partial charge in [0.2, 0.25) is 5.91 Å². The van der Waals surface area contributed by atoms with Crippen LogP contribution in [0.2, 0.25) is 0 Å². The summed E-state index contributed by atoms with van der Waals surface area (Å²) < 4.78 is 0. The van der Waals surface area contributed by atoms with E-state index in [4.69, 9.17) is 0 Å². The van der Waals surface area contributed by atoms with Crippen molar-refractivity contribution in [2.75, 3.05) is 6.54 Å². The number of allylic oxidation sites excluding steroid dienone is 2. The van der Waals surface area contributed by atoms with Gasteiger partial charge in [-0.2, -0.15) is 0 Å². The largest absolute Gasteiger partial charge is 0.315 e. The molecule has 1 heterocycles. The van der Waals surface area contributed by atoms with Crippen molar-refractivity contribution in [3.8, 4) is 0 Å². The van der Waals surface area contributed by atoms with Gasteiger partial charge in [-0.05, 0) is 17.9 Å². The molecule has 1 aromatic carbocycles. The highest BCUT2D eigenvalue weighted by Crippen LogP contribution is 2.66. The van der Waals surface area contributed by atoms with Crippen molar-refractivity contribution in [1.82, 2.24) is 4.90 Å². The molecule has 2 atom stereocenters. The average molecular weight is 239 g/mol. The molecular formula is C15H13NO2. The summed E-state index contributed by atoms with van der Waals surface area (Å²) in [5.74, 6) is 0.576. The number of hydrogen-bond donors (Lipinski definition) is 0. The number of carbonyl (C=O) groups excluding carboxylic acids is 2. The highest BCUT2D eigenvalue weighted by molar-refractivity contribution is 6.09. The van der Waals surface area contributed by atoms with E-state index in [1.807, 2.05) is 24.3 Å². The molecule has 2 aliphatic carbocycles. The van der Waals surface area contributed by atoms with Gasteiger partial charge in [0.1, 0.15) is 0 Å². The number of piperidine rings is 1. The minimum atomic E-state index is -0.0316. The van der Waals surface area contributed by atoms with Gasteiger partial charge in [0.25, 0.3) is 0 Å². The van der Waals surface area contributed by atoms with Crippen LogP contribution in [0.15, 0.2) is 36.0 Å². The van der Waals surface area contributed by atoms with E-state index in [0.29, 0.717) is 5.92 Å². The van der Waals surface area contributed by atoms with Gasteiger partial charge in [-0.15, -0.1) is 0 Å². The van der Waals surface area contributed by atoms with E-state index in [2.05, 4.69) is 0 Å². The first-order valence-electron chi connectivity index (χ1n) is 6.29. The fourth-order valence-corrected chi connectivity index (χ4v) is 3.69. The molecule has 2 fully saturated rings. The fraction of sp³-hybridized carbons (Fsp3) is 0.333. The van der Waals surface area contributed by atoms with E-state index >= 15 is 0 Å². The van der Waals surface area contributed by atoms with Crippen molar-refractivity contribution in [3.05, 3.63) is 47.2 Å². The van der Waals surface area contributed by atoms with E-state index in [1.165, 1.54) is 0 Å². The van der Waals surface area contributed by atoms with Gasteiger partial charge in [-0.1, -0.05) is 24.3 Å². The monoisotopic (exact) mass is 239 g/mol. The van der Waals surface area contributed by atoms with Gasteiger partial charge in [0.15, 0.2) is 5.78 Å². The van der Waals surface area contributed by atoms with E-state index < -0.39 is 0 Å². The summed E-state index contributed by atoms with van der Waals surface area (Å²) >= 11 is 0. The number of nitrogens with zero attached hydrogens (tertiary/aromatic N) is 1. The summed E-state index contributed by atoms with van der Waals surface area (Å²) in [5.41, 5.74) is 2.84. The number of carbonyl (C=O) groups is 2. The van der Waals surface area contributed by atoms with E-state index in [-0.39, 0.29) is 17.1 Å². The van der Waals surface area contributed by atoms with Crippen LogP contribution in [0, 0.1) is 5.92 Å². The van der Waals surface area contributed by atoms with E-state index in [9.17, 15) is 9.59 Å². The van der Waals surface area contributed by atoms with Crippen molar-refractivity contribution in [1.29, 1.82) is 0 Å². The molecule has 3 heteroatoms. The summed E-state index contributed by atoms with van der Waals surface area (Å²) in [5, 5.41) is 0. The van der Waals surface area contributed by atoms with Gasteiger partial charge in [-0.25, -0.2) is 0 Å². The summed E-state index contributed by atoms with van der Waals surface area (Å²) in [7, 11) is 0. The fourth-order valence-electron chi connectivity index (χ4n) is 3.69. The Labute approximate surface area is 105 Å². The standard InChI is InChI=1S/C15H13NO2/c1-9(17)16-8-10-7-15(10)12-5-3-2-4-11(12)13(18)6-14(15)16/h2-6,10H,7-8H2,1H3/t10?,15-/m1/s1. The first-order valence-corrected chi connectivity index (χ1v) is 6.29.